The molecular weight excluding hydrogens is 280 g/mol. The van der Waals surface area contributed by atoms with E-state index in [1.54, 1.807) is 0 Å². The molecule has 0 saturated carbocycles. The number of primary amides is 1. The summed E-state index contributed by atoms with van der Waals surface area (Å²) in [6.07, 6.45) is 1.22. The molecule has 2 aromatic rings. The molecule has 0 aliphatic heterocycles. The van der Waals surface area contributed by atoms with Crippen molar-refractivity contribution in [3.8, 4) is 0 Å². The van der Waals surface area contributed by atoms with Crippen molar-refractivity contribution in [3.05, 3.63) is 38.9 Å². The quantitative estimate of drug-likeness (QED) is 0.343. The number of aromatic nitrogens is 2. The van der Waals surface area contributed by atoms with Crippen molar-refractivity contribution >= 4 is 28.3 Å². The Hall–Kier alpha value is -3.17. The first-order chi connectivity index (χ1) is 9.99. The fourth-order valence-electron chi connectivity index (χ4n) is 1.78. The summed E-state index contributed by atoms with van der Waals surface area (Å²) in [6, 6.07) is 1.89. The molecule has 10 heteroatoms. The number of H-pyrrole nitrogens is 1. The number of rotatable bonds is 5. The van der Waals surface area contributed by atoms with Crippen molar-refractivity contribution in [2.75, 3.05) is 18.4 Å². The van der Waals surface area contributed by atoms with Crippen LogP contribution in [0.4, 0.5) is 16.2 Å². The molecule has 0 saturated heterocycles. The Morgan fingerprint density at radius 2 is 2.19 bits per heavy atom. The van der Waals surface area contributed by atoms with Gasteiger partial charge in [0.25, 0.3) is 11.2 Å². The lowest BCUT2D eigenvalue weighted by Gasteiger charge is -2.08. The summed E-state index contributed by atoms with van der Waals surface area (Å²) in [7, 11) is 0. The molecule has 10 nitrogen and oxygen atoms in total. The first-order valence-corrected chi connectivity index (χ1v) is 5.92. The predicted octanol–water partition coefficient (Wildman–Crippen LogP) is -0.0885. The lowest BCUT2D eigenvalue weighted by molar-refractivity contribution is -0.383. The van der Waals surface area contributed by atoms with Gasteiger partial charge in [0.1, 0.15) is 5.69 Å². The van der Waals surface area contributed by atoms with Gasteiger partial charge < -0.3 is 21.4 Å². The highest BCUT2D eigenvalue weighted by Crippen LogP contribution is 2.27. The van der Waals surface area contributed by atoms with Crippen LogP contribution in [0.2, 0.25) is 0 Å². The van der Waals surface area contributed by atoms with Crippen molar-refractivity contribution < 1.29 is 9.72 Å². The molecule has 0 radical (unpaired) electrons. The van der Waals surface area contributed by atoms with Crippen LogP contribution in [-0.2, 0) is 0 Å². The van der Waals surface area contributed by atoms with Crippen LogP contribution in [0.3, 0.4) is 0 Å². The monoisotopic (exact) mass is 292 g/mol. The maximum Gasteiger partial charge on any atom is 0.312 e. The molecule has 21 heavy (non-hydrogen) atoms. The zero-order chi connectivity index (χ0) is 15.4. The fraction of sp³-hybridized carbons (Fsp3) is 0.182. The number of carbonyl (C=O) groups excluding carboxylic acids is 1. The first-order valence-electron chi connectivity index (χ1n) is 5.92. The topological polar surface area (TPSA) is 156 Å². The van der Waals surface area contributed by atoms with Crippen LogP contribution in [0.1, 0.15) is 0 Å². The molecule has 2 rings (SSSR count). The number of aromatic amines is 1. The van der Waals surface area contributed by atoms with E-state index >= 15 is 0 Å². The zero-order valence-electron chi connectivity index (χ0n) is 10.8. The highest BCUT2D eigenvalue weighted by molar-refractivity contribution is 5.86. The van der Waals surface area contributed by atoms with Crippen LogP contribution >= 0.6 is 0 Å². The van der Waals surface area contributed by atoms with Crippen LogP contribution in [0.5, 0.6) is 0 Å². The molecular formula is C11H12N6O4. The number of anilines is 1. The number of amides is 2. The normalized spacial score (nSPS) is 10.3. The molecule has 0 aliphatic carbocycles. The van der Waals surface area contributed by atoms with Gasteiger partial charge in [-0.25, -0.2) is 9.78 Å². The van der Waals surface area contributed by atoms with Crippen molar-refractivity contribution in [2.45, 2.75) is 0 Å². The molecule has 1 aromatic heterocycles. The average molecular weight is 292 g/mol. The highest BCUT2D eigenvalue weighted by atomic mass is 16.6. The van der Waals surface area contributed by atoms with Gasteiger partial charge in [0.15, 0.2) is 0 Å². The van der Waals surface area contributed by atoms with E-state index < -0.39 is 16.5 Å². The summed E-state index contributed by atoms with van der Waals surface area (Å²) in [5.74, 6) is 0. The summed E-state index contributed by atoms with van der Waals surface area (Å²) < 4.78 is 0. The second-order valence-electron chi connectivity index (χ2n) is 4.09. The number of nitrogens with zero attached hydrogens (tertiary/aromatic N) is 2. The van der Waals surface area contributed by atoms with E-state index in [1.807, 2.05) is 0 Å². The average Bonchev–Trinajstić information content (AvgIpc) is 2.43. The van der Waals surface area contributed by atoms with E-state index in [0.29, 0.717) is 5.52 Å². The smallest absolute Gasteiger partial charge is 0.312 e. The third-order valence-electron chi connectivity index (χ3n) is 2.69. The summed E-state index contributed by atoms with van der Waals surface area (Å²) in [5.41, 5.74) is 4.74. The molecule has 2 amide bonds. The first kappa shape index (κ1) is 14.2. The summed E-state index contributed by atoms with van der Waals surface area (Å²) >= 11 is 0. The lowest BCUT2D eigenvalue weighted by Crippen LogP contribution is -2.33. The van der Waals surface area contributed by atoms with Crippen molar-refractivity contribution in [1.29, 1.82) is 0 Å². The van der Waals surface area contributed by atoms with Gasteiger partial charge in [-0.2, -0.15) is 0 Å². The second kappa shape index (κ2) is 5.86. The number of urea groups is 1. The number of fused-ring (bicyclic) bond motifs is 1. The number of benzene rings is 1. The standard InChI is InChI=1S/C11H12N6O4/c12-11(19)14-2-1-13-8-4-7-6(3-9(8)17(20)21)10(18)16-5-15-7/h3-5,13H,1-2H2,(H3,12,14,19)(H,15,16,18). The fourth-order valence-corrected chi connectivity index (χ4v) is 1.78. The van der Waals surface area contributed by atoms with Crippen LogP contribution in [0, 0.1) is 10.1 Å². The molecule has 110 valence electrons. The van der Waals surface area contributed by atoms with Gasteiger partial charge in [-0.05, 0) is 6.07 Å². The Kier molecular flexibility index (Phi) is 3.97. The molecule has 0 atom stereocenters. The highest BCUT2D eigenvalue weighted by Gasteiger charge is 2.16. The molecule has 0 aliphatic rings. The Labute approximate surface area is 117 Å². The zero-order valence-corrected chi connectivity index (χ0v) is 10.8. The molecule has 0 unspecified atom stereocenters. The van der Waals surface area contributed by atoms with Gasteiger partial charge in [-0.15, -0.1) is 0 Å². The molecule has 5 N–H and O–H groups in total. The molecule has 0 spiro atoms. The van der Waals surface area contributed by atoms with E-state index in [1.165, 1.54) is 12.4 Å². The number of nitrogens with one attached hydrogen (secondary N) is 3. The summed E-state index contributed by atoms with van der Waals surface area (Å²) in [4.78, 5) is 38.9. The van der Waals surface area contributed by atoms with Crippen molar-refractivity contribution in [3.63, 3.8) is 0 Å². The molecule has 1 heterocycles. The summed E-state index contributed by atoms with van der Waals surface area (Å²) in [5, 5.41) is 16.3. The van der Waals surface area contributed by atoms with E-state index in [4.69, 9.17) is 5.73 Å². The van der Waals surface area contributed by atoms with Crippen molar-refractivity contribution in [1.82, 2.24) is 15.3 Å². The SMILES string of the molecule is NC(=O)NCCNc1cc2nc[nH]c(=O)c2cc1[N+](=O)[O-]. The number of nitro groups is 1. The van der Waals surface area contributed by atoms with Gasteiger partial charge >= 0.3 is 6.03 Å². The van der Waals surface area contributed by atoms with E-state index in [-0.39, 0.29) is 29.9 Å². The Morgan fingerprint density at radius 1 is 1.43 bits per heavy atom. The van der Waals surface area contributed by atoms with Gasteiger partial charge in [0.05, 0.1) is 22.2 Å². The third-order valence-corrected chi connectivity index (χ3v) is 2.69. The number of carbonyl (C=O) groups is 1. The molecule has 0 fully saturated rings. The second-order valence-corrected chi connectivity index (χ2v) is 4.09. The van der Waals surface area contributed by atoms with Crippen LogP contribution in [0.25, 0.3) is 10.9 Å². The maximum absolute atomic E-state index is 11.6. The molecule has 1 aromatic carbocycles. The minimum Gasteiger partial charge on any atom is -0.378 e. The number of nitro benzene ring substituents is 1. The minimum absolute atomic E-state index is 0.130. The van der Waals surface area contributed by atoms with E-state index in [9.17, 15) is 19.7 Å². The molecule has 0 bridgehead atoms. The number of hydrogen-bond donors (Lipinski definition) is 4. The van der Waals surface area contributed by atoms with Crippen molar-refractivity contribution in [2.24, 2.45) is 5.73 Å². The Bertz CT molecular complexity index is 756. The van der Waals surface area contributed by atoms with E-state index in [2.05, 4.69) is 20.6 Å². The van der Waals surface area contributed by atoms with Crippen LogP contribution < -0.4 is 21.9 Å². The Morgan fingerprint density at radius 3 is 2.86 bits per heavy atom. The number of hydrogen-bond acceptors (Lipinski definition) is 6. The van der Waals surface area contributed by atoms with E-state index in [0.717, 1.165) is 6.07 Å². The predicted molar refractivity (Wildman–Crippen MR) is 75.1 cm³/mol. The Balaban J connectivity index is 2.33. The van der Waals surface area contributed by atoms with Crippen LogP contribution in [0.15, 0.2) is 23.3 Å². The maximum atomic E-state index is 11.6. The van der Waals surface area contributed by atoms with Gasteiger partial charge in [0.2, 0.25) is 0 Å². The van der Waals surface area contributed by atoms with Gasteiger partial charge in [-0.3, -0.25) is 14.9 Å². The van der Waals surface area contributed by atoms with Gasteiger partial charge in [-0.1, -0.05) is 0 Å². The largest absolute Gasteiger partial charge is 0.378 e. The minimum atomic E-state index is -0.682. The summed E-state index contributed by atoms with van der Waals surface area (Å²) in [6.45, 7) is 0.436. The number of nitrogens with two attached hydrogens (primary N) is 1. The lowest BCUT2D eigenvalue weighted by atomic mass is 10.2. The third kappa shape index (κ3) is 3.23. The van der Waals surface area contributed by atoms with Crippen LogP contribution in [-0.4, -0.2) is 34.0 Å². The van der Waals surface area contributed by atoms with Gasteiger partial charge in [0, 0.05) is 19.2 Å².